The molecule has 0 bridgehead atoms. The zero-order valence-corrected chi connectivity index (χ0v) is 13.9. The zero-order valence-electron chi connectivity index (χ0n) is 13.0. The monoisotopic (exact) mass is 378 g/mol. The van der Waals surface area contributed by atoms with E-state index >= 15 is 0 Å². The number of carbonyl (C=O) groups is 1. The van der Waals surface area contributed by atoms with Crippen LogP contribution in [0.3, 0.4) is 0 Å². The van der Waals surface area contributed by atoms with Crippen LogP contribution >= 0.6 is 0 Å². The van der Waals surface area contributed by atoms with E-state index < -0.39 is 39.0 Å². The molecule has 0 aliphatic heterocycles. The van der Waals surface area contributed by atoms with E-state index in [0.717, 1.165) is 35.3 Å². The Hall–Kier alpha value is -2.56. The highest BCUT2D eigenvalue weighted by Gasteiger charge is 2.32. The summed E-state index contributed by atoms with van der Waals surface area (Å²) in [7, 11) is -2.29. The second-order valence-electron chi connectivity index (χ2n) is 5.32. The summed E-state index contributed by atoms with van der Waals surface area (Å²) >= 11 is 0. The minimum absolute atomic E-state index is 0.197. The molecular formula is C14H13F3N2O5S. The highest BCUT2D eigenvalue weighted by Crippen LogP contribution is 2.27. The van der Waals surface area contributed by atoms with E-state index in [9.17, 15) is 31.2 Å². The fraction of sp³-hybridized carbons (Fsp3) is 0.286. The third-order valence-electron chi connectivity index (χ3n) is 3.15. The van der Waals surface area contributed by atoms with Gasteiger partial charge in [-0.3, -0.25) is 14.3 Å². The molecule has 0 atom stereocenters. The van der Waals surface area contributed by atoms with Gasteiger partial charge in [0.2, 0.25) is 0 Å². The van der Waals surface area contributed by atoms with Gasteiger partial charge in [0.25, 0.3) is 5.56 Å². The van der Waals surface area contributed by atoms with E-state index in [1.165, 1.54) is 7.05 Å². The van der Waals surface area contributed by atoms with Crippen molar-refractivity contribution in [3.63, 3.8) is 0 Å². The maximum Gasteiger partial charge on any atom is 0.573 e. The summed E-state index contributed by atoms with van der Waals surface area (Å²) in [4.78, 5) is 24.3. The Balaban J connectivity index is 2.54. The predicted octanol–water partition coefficient (Wildman–Crippen LogP) is 1.39. The molecule has 0 unspecified atom stereocenters. The molecule has 7 nitrogen and oxygen atoms in total. The van der Waals surface area contributed by atoms with Crippen molar-refractivity contribution in [1.29, 1.82) is 0 Å². The number of carbonyl (C=O) groups excluding carboxylic acids is 1. The number of aromatic nitrogens is 2. The lowest BCUT2D eigenvalue weighted by molar-refractivity contribution is -0.274. The van der Waals surface area contributed by atoms with Crippen molar-refractivity contribution in [2.75, 3.05) is 6.26 Å². The van der Waals surface area contributed by atoms with Crippen LogP contribution in [-0.4, -0.2) is 36.6 Å². The van der Waals surface area contributed by atoms with Crippen LogP contribution in [0.1, 0.15) is 21.5 Å². The quantitative estimate of drug-likeness (QED) is 0.793. The third-order valence-corrected chi connectivity index (χ3v) is 3.99. The van der Waals surface area contributed by atoms with E-state index in [1.54, 1.807) is 0 Å². The summed E-state index contributed by atoms with van der Waals surface area (Å²) in [6.07, 6.45) is -2.96. The second-order valence-corrected chi connectivity index (χ2v) is 7.46. The van der Waals surface area contributed by atoms with E-state index in [-0.39, 0.29) is 16.7 Å². The molecule has 0 saturated carbocycles. The van der Waals surface area contributed by atoms with Crippen LogP contribution in [0.2, 0.25) is 0 Å². The van der Waals surface area contributed by atoms with Gasteiger partial charge in [-0.15, -0.1) is 13.2 Å². The average Bonchev–Trinajstić information content (AvgIpc) is 2.75. The van der Waals surface area contributed by atoms with Crippen molar-refractivity contribution in [1.82, 2.24) is 9.78 Å². The fourth-order valence-electron chi connectivity index (χ4n) is 2.16. The molecule has 136 valence electrons. The maximum atomic E-state index is 12.5. The van der Waals surface area contributed by atoms with Crippen molar-refractivity contribution in [2.45, 2.75) is 12.1 Å². The van der Waals surface area contributed by atoms with E-state index in [2.05, 4.69) is 9.84 Å². The number of benzene rings is 1. The minimum Gasteiger partial charge on any atom is -0.406 e. The van der Waals surface area contributed by atoms with E-state index in [0.29, 0.717) is 0 Å². The Morgan fingerprint density at radius 2 is 1.92 bits per heavy atom. The standard InChI is InChI=1S/C14H13F3N2O5S/c1-19-13(21)11(6-18-19)12(20)10-4-3-9(24-14(15,16)17)5-8(10)7-25(2,22)23/h3-6,18H,7H2,1-2H3. The number of ketones is 1. The van der Waals surface area contributed by atoms with Crippen LogP contribution in [0.5, 0.6) is 5.75 Å². The lowest BCUT2D eigenvalue weighted by Gasteiger charge is -2.12. The summed E-state index contributed by atoms with van der Waals surface area (Å²) in [6, 6.07) is 2.69. The molecule has 0 aliphatic rings. The van der Waals surface area contributed by atoms with Crippen LogP contribution in [0.15, 0.2) is 29.2 Å². The minimum atomic E-state index is -4.97. The van der Waals surface area contributed by atoms with Crippen LogP contribution in [0.4, 0.5) is 13.2 Å². The van der Waals surface area contributed by atoms with Crippen LogP contribution in [0, 0.1) is 0 Å². The molecule has 0 fully saturated rings. The van der Waals surface area contributed by atoms with Gasteiger partial charge >= 0.3 is 6.36 Å². The Kier molecular flexibility index (Phi) is 4.80. The van der Waals surface area contributed by atoms with Crippen LogP contribution < -0.4 is 10.3 Å². The summed E-state index contributed by atoms with van der Waals surface area (Å²) < 4.78 is 64.9. The third kappa shape index (κ3) is 4.72. The van der Waals surface area contributed by atoms with Crippen molar-refractivity contribution in [2.24, 2.45) is 7.05 Å². The Morgan fingerprint density at radius 3 is 2.40 bits per heavy atom. The number of hydrogen-bond donors (Lipinski definition) is 1. The number of H-pyrrole nitrogens is 1. The number of aromatic amines is 1. The lowest BCUT2D eigenvalue weighted by Crippen LogP contribution is -2.21. The Labute approximate surface area is 139 Å². The van der Waals surface area contributed by atoms with E-state index in [4.69, 9.17) is 0 Å². The average molecular weight is 378 g/mol. The fourth-order valence-corrected chi connectivity index (χ4v) is 2.96. The maximum absolute atomic E-state index is 12.5. The molecule has 0 aliphatic carbocycles. The number of rotatable bonds is 5. The number of aryl methyl sites for hydroxylation is 1. The molecule has 2 aromatic rings. The Morgan fingerprint density at radius 1 is 1.28 bits per heavy atom. The van der Waals surface area contributed by atoms with Crippen molar-refractivity contribution >= 4 is 15.6 Å². The van der Waals surface area contributed by atoms with Gasteiger partial charge in [0, 0.05) is 25.1 Å². The van der Waals surface area contributed by atoms with Gasteiger partial charge < -0.3 is 9.84 Å². The first-order chi connectivity index (χ1) is 11.4. The van der Waals surface area contributed by atoms with Gasteiger partial charge in [-0.05, 0) is 23.8 Å². The van der Waals surface area contributed by atoms with Crippen LogP contribution in [-0.2, 0) is 22.6 Å². The van der Waals surface area contributed by atoms with Crippen molar-refractivity contribution in [3.05, 3.63) is 51.4 Å². The first kappa shape index (κ1) is 18.8. The molecule has 1 aromatic carbocycles. The zero-order chi connectivity index (χ0) is 19.0. The molecule has 0 amide bonds. The number of halogens is 3. The van der Waals surface area contributed by atoms with E-state index in [1.807, 2.05) is 0 Å². The lowest BCUT2D eigenvalue weighted by atomic mass is 10.0. The van der Waals surface area contributed by atoms with Gasteiger partial charge in [-0.1, -0.05) is 0 Å². The van der Waals surface area contributed by atoms with Gasteiger partial charge in [-0.25, -0.2) is 8.42 Å². The summed E-state index contributed by atoms with van der Waals surface area (Å²) in [5.74, 6) is -2.16. The van der Waals surface area contributed by atoms with Crippen LogP contribution in [0.25, 0.3) is 0 Å². The van der Waals surface area contributed by atoms with Crippen molar-refractivity contribution < 1.29 is 31.1 Å². The molecule has 0 saturated heterocycles. The molecule has 1 aromatic heterocycles. The molecular weight excluding hydrogens is 365 g/mol. The Bertz CT molecular complexity index is 973. The molecule has 0 spiro atoms. The number of nitrogens with zero attached hydrogens (tertiary/aromatic N) is 1. The molecule has 1 heterocycles. The normalized spacial score (nSPS) is 12.2. The van der Waals surface area contributed by atoms with Gasteiger partial charge in [-0.2, -0.15) is 0 Å². The summed E-state index contributed by atoms with van der Waals surface area (Å²) in [6.45, 7) is 0. The molecule has 1 N–H and O–H groups in total. The predicted molar refractivity (Wildman–Crippen MR) is 81.1 cm³/mol. The number of sulfone groups is 1. The summed E-state index contributed by atoms with van der Waals surface area (Å²) in [5.41, 5.74) is -1.30. The molecule has 2 rings (SSSR count). The number of ether oxygens (including phenoxy) is 1. The summed E-state index contributed by atoms with van der Waals surface area (Å²) in [5, 5.41) is 2.49. The molecule has 25 heavy (non-hydrogen) atoms. The van der Waals surface area contributed by atoms with Gasteiger partial charge in [0.05, 0.1) is 5.75 Å². The topological polar surface area (TPSA) is 98.2 Å². The SMILES string of the molecule is Cn1[nH]cc(C(=O)c2ccc(OC(F)(F)F)cc2CS(C)(=O)=O)c1=O. The second kappa shape index (κ2) is 6.39. The molecule has 11 heteroatoms. The smallest absolute Gasteiger partial charge is 0.406 e. The van der Waals surface area contributed by atoms with Crippen molar-refractivity contribution in [3.8, 4) is 5.75 Å². The highest BCUT2D eigenvalue weighted by molar-refractivity contribution is 7.89. The van der Waals surface area contributed by atoms with Gasteiger partial charge in [0.1, 0.15) is 11.3 Å². The first-order valence-corrected chi connectivity index (χ1v) is 8.79. The highest BCUT2D eigenvalue weighted by atomic mass is 32.2. The number of nitrogens with one attached hydrogen (secondary N) is 1. The number of hydrogen-bond acceptors (Lipinski definition) is 5. The van der Waals surface area contributed by atoms with Gasteiger partial charge in [0.15, 0.2) is 15.6 Å². The number of alkyl halides is 3. The largest absolute Gasteiger partial charge is 0.573 e. The molecule has 0 radical (unpaired) electrons. The first-order valence-electron chi connectivity index (χ1n) is 6.73.